The molecule has 140 valence electrons. The van der Waals surface area contributed by atoms with Crippen LogP contribution >= 0.6 is 0 Å². The third-order valence-corrected chi connectivity index (χ3v) is 7.41. The van der Waals surface area contributed by atoms with E-state index in [0.29, 0.717) is 19.3 Å². The largest absolute Gasteiger partial charge is 0.481 e. The molecular weight excluding hydrogens is 340 g/mol. The van der Waals surface area contributed by atoms with E-state index in [-0.39, 0.29) is 30.3 Å². The first-order valence-corrected chi connectivity index (χ1v) is 9.17. The second kappa shape index (κ2) is 5.10. The highest BCUT2D eigenvalue weighted by Crippen LogP contribution is 2.68. The van der Waals surface area contributed by atoms with Gasteiger partial charge in [0.1, 0.15) is 6.10 Å². The Hall–Kier alpha value is -1.86. The van der Waals surface area contributed by atoms with Gasteiger partial charge < -0.3 is 24.1 Å². The fraction of sp³-hybridized carbons (Fsp3) is 0.684. The molecule has 0 aromatic carbocycles. The molecule has 0 amide bonds. The first-order chi connectivity index (χ1) is 12.4. The van der Waals surface area contributed by atoms with Crippen molar-refractivity contribution in [2.24, 2.45) is 23.2 Å². The molecule has 1 aromatic heterocycles. The van der Waals surface area contributed by atoms with Gasteiger partial charge in [0.05, 0.1) is 30.7 Å². The summed E-state index contributed by atoms with van der Waals surface area (Å²) in [6.07, 6.45) is 3.39. The van der Waals surface area contributed by atoms with Crippen LogP contribution in [0.1, 0.15) is 44.3 Å². The number of esters is 1. The molecule has 2 unspecified atom stereocenters. The number of hydrogen-bond donors (Lipinski definition) is 2. The maximum atomic E-state index is 12.9. The van der Waals surface area contributed by atoms with Crippen molar-refractivity contribution in [1.29, 1.82) is 0 Å². The number of aliphatic carboxylic acids is 1. The number of carbonyl (C=O) groups is 2. The number of aliphatic hydroxyl groups excluding tert-OH is 1. The lowest BCUT2D eigenvalue weighted by Crippen LogP contribution is -2.60. The summed E-state index contributed by atoms with van der Waals surface area (Å²) < 4.78 is 17.2. The fourth-order valence-electron chi connectivity index (χ4n) is 6.23. The minimum absolute atomic E-state index is 0.144. The van der Waals surface area contributed by atoms with Crippen LogP contribution in [-0.4, -0.2) is 40.0 Å². The Morgan fingerprint density at radius 1 is 1.31 bits per heavy atom. The van der Waals surface area contributed by atoms with Crippen LogP contribution in [0.3, 0.4) is 0 Å². The molecule has 2 aliphatic heterocycles. The zero-order valence-corrected chi connectivity index (χ0v) is 14.5. The summed E-state index contributed by atoms with van der Waals surface area (Å²) in [5, 5.41) is 20.1. The number of hydrogen-bond acceptors (Lipinski definition) is 6. The summed E-state index contributed by atoms with van der Waals surface area (Å²) in [6, 6.07) is 1.83. The third-order valence-electron chi connectivity index (χ3n) is 7.41. The number of aliphatic hydroxyl groups is 1. The minimum Gasteiger partial charge on any atom is -0.481 e. The molecule has 3 heterocycles. The molecule has 2 aliphatic carbocycles. The average Bonchev–Trinajstić information content (AvgIpc) is 3.27. The number of fused-ring (bicyclic) bond motifs is 4. The van der Waals surface area contributed by atoms with E-state index in [1.807, 2.05) is 13.0 Å². The molecule has 1 spiro atoms. The van der Waals surface area contributed by atoms with Gasteiger partial charge in [-0.1, -0.05) is 6.92 Å². The number of carboxylic acids is 1. The predicted molar refractivity (Wildman–Crippen MR) is 85.8 cm³/mol. The van der Waals surface area contributed by atoms with E-state index in [1.54, 1.807) is 12.5 Å². The number of carbonyl (C=O) groups excluding carboxylic acids is 1. The molecule has 5 rings (SSSR count). The first kappa shape index (κ1) is 16.3. The second-order valence-corrected chi connectivity index (χ2v) is 8.51. The normalized spacial score (nSPS) is 49.4. The van der Waals surface area contributed by atoms with Crippen molar-refractivity contribution in [3.63, 3.8) is 0 Å². The third kappa shape index (κ3) is 1.85. The van der Waals surface area contributed by atoms with Crippen molar-refractivity contribution in [2.75, 3.05) is 0 Å². The lowest BCUT2D eigenvalue weighted by atomic mass is 9.49. The van der Waals surface area contributed by atoms with Gasteiger partial charge in [-0.05, 0) is 31.2 Å². The number of carboxylic acid groups (broad SMARTS) is 1. The van der Waals surface area contributed by atoms with Crippen molar-refractivity contribution in [1.82, 2.24) is 0 Å². The van der Waals surface area contributed by atoms with E-state index in [2.05, 4.69) is 0 Å². The zero-order valence-electron chi connectivity index (χ0n) is 14.5. The summed E-state index contributed by atoms with van der Waals surface area (Å²) in [6.45, 7) is 2.00. The standard InChI is InChI=1S/C19H22O7/c1-18-6-13(9-2-3-24-8-9)26-19(18)7-14(25-17(19)23)15-11(16(21)22)4-10(20)5-12(15)18/h2-3,8,10-15,20H,4-7H2,1H3,(H,21,22)/t10-,11+,12+,13+,14-,15?,18-,19?/m0/s1. The molecule has 7 heteroatoms. The topological polar surface area (TPSA) is 106 Å². The average molecular weight is 362 g/mol. The van der Waals surface area contributed by atoms with Crippen molar-refractivity contribution in [3.8, 4) is 0 Å². The Labute approximate surface area is 150 Å². The van der Waals surface area contributed by atoms with Gasteiger partial charge in [0.25, 0.3) is 0 Å². The summed E-state index contributed by atoms with van der Waals surface area (Å²) >= 11 is 0. The molecule has 2 saturated heterocycles. The molecule has 1 aromatic rings. The molecule has 8 atom stereocenters. The predicted octanol–water partition coefficient (Wildman–Crippen LogP) is 1.90. The summed E-state index contributed by atoms with van der Waals surface area (Å²) in [4.78, 5) is 24.8. The van der Waals surface area contributed by atoms with Crippen LogP contribution < -0.4 is 0 Å². The molecule has 4 aliphatic rings. The van der Waals surface area contributed by atoms with Crippen LogP contribution in [0.15, 0.2) is 23.0 Å². The molecule has 0 radical (unpaired) electrons. The highest BCUT2D eigenvalue weighted by atomic mass is 16.6. The van der Waals surface area contributed by atoms with Gasteiger partial charge >= 0.3 is 11.9 Å². The van der Waals surface area contributed by atoms with Crippen LogP contribution in [0.25, 0.3) is 0 Å². The second-order valence-electron chi connectivity index (χ2n) is 8.51. The molecule has 2 bridgehead atoms. The van der Waals surface area contributed by atoms with Crippen molar-refractivity contribution >= 4 is 11.9 Å². The Kier molecular flexibility index (Phi) is 3.20. The molecule has 2 N–H and O–H groups in total. The molecular formula is C19H22O7. The fourth-order valence-corrected chi connectivity index (χ4v) is 6.23. The number of furan rings is 1. The van der Waals surface area contributed by atoms with E-state index in [0.717, 1.165) is 5.56 Å². The number of rotatable bonds is 2. The van der Waals surface area contributed by atoms with Crippen LogP contribution in [0.4, 0.5) is 0 Å². The lowest BCUT2D eigenvalue weighted by molar-refractivity contribution is -0.174. The van der Waals surface area contributed by atoms with Gasteiger partial charge in [-0.3, -0.25) is 4.79 Å². The summed E-state index contributed by atoms with van der Waals surface area (Å²) in [7, 11) is 0. The Morgan fingerprint density at radius 3 is 2.81 bits per heavy atom. The van der Waals surface area contributed by atoms with Gasteiger partial charge in [-0.2, -0.15) is 0 Å². The maximum absolute atomic E-state index is 12.9. The van der Waals surface area contributed by atoms with Gasteiger partial charge in [0, 0.05) is 23.3 Å². The van der Waals surface area contributed by atoms with E-state index in [4.69, 9.17) is 13.9 Å². The molecule has 26 heavy (non-hydrogen) atoms. The van der Waals surface area contributed by atoms with Crippen LogP contribution in [0, 0.1) is 23.2 Å². The minimum atomic E-state index is -1.07. The van der Waals surface area contributed by atoms with Gasteiger partial charge in [0.15, 0.2) is 5.60 Å². The van der Waals surface area contributed by atoms with E-state index >= 15 is 0 Å². The van der Waals surface area contributed by atoms with Gasteiger partial charge in [0.2, 0.25) is 0 Å². The van der Waals surface area contributed by atoms with E-state index in [9.17, 15) is 19.8 Å². The van der Waals surface area contributed by atoms with Crippen molar-refractivity contribution < 1.29 is 33.7 Å². The van der Waals surface area contributed by atoms with Gasteiger partial charge in [-0.25, -0.2) is 4.79 Å². The molecule has 4 fully saturated rings. The van der Waals surface area contributed by atoms with Crippen LogP contribution in [0.5, 0.6) is 0 Å². The highest BCUT2D eigenvalue weighted by molar-refractivity contribution is 5.85. The Morgan fingerprint density at radius 2 is 2.12 bits per heavy atom. The smallest absolute Gasteiger partial charge is 0.339 e. The molecule has 7 nitrogen and oxygen atoms in total. The van der Waals surface area contributed by atoms with Crippen LogP contribution in [-0.2, 0) is 19.1 Å². The Balaban J connectivity index is 1.61. The highest BCUT2D eigenvalue weighted by Gasteiger charge is 2.76. The van der Waals surface area contributed by atoms with E-state index < -0.39 is 35.1 Å². The number of ether oxygens (including phenoxy) is 2. The van der Waals surface area contributed by atoms with Gasteiger partial charge in [-0.15, -0.1) is 0 Å². The quantitative estimate of drug-likeness (QED) is 0.774. The van der Waals surface area contributed by atoms with Crippen molar-refractivity contribution in [3.05, 3.63) is 24.2 Å². The zero-order chi connectivity index (χ0) is 18.3. The SMILES string of the molecule is C[C@@]12C[C@H](c3ccoc3)OC13C[C@H](OC3=O)C1[C@H]2C[C@@H](O)C[C@H]1C(=O)O. The monoisotopic (exact) mass is 362 g/mol. The Bertz CT molecular complexity index is 758. The maximum Gasteiger partial charge on any atom is 0.339 e. The first-order valence-electron chi connectivity index (χ1n) is 9.17. The van der Waals surface area contributed by atoms with E-state index in [1.165, 1.54) is 0 Å². The lowest BCUT2D eigenvalue weighted by Gasteiger charge is -2.53. The van der Waals surface area contributed by atoms with Crippen LogP contribution in [0.2, 0.25) is 0 Å². The van der Waals surface area contributed by atoms with Crippen molar-refractivity contribution in [2.45, 2.75) is 56.5 Å². The summed E-state index contributed by atoms with van der Waals surface area (Å²) in [5.41, 5.74) is -0.784. The summed E-state index contributed by atoms with van der Waals surface area (Å²) in [5.74, 6) is -2.45. The molecule has 2 saturated carbocycles.